The number of nitrogen functional groups attached to an aromatic ring is 1. The molecule has 0 fully saturated rings. The summed E-state index contributed by atoms with van der Waals surface area (Å²) in [6, 6.07) is 5.94. The first kappa shape index (κ1) is 7.09. The molecule has 3 heteroatoms. The Bertz CT molecular complexity index is 331. The molecule has 56 valence electrons. The zero-order chi connectivity index (χ0) is 7.84. The molecule has 0 atom stereocenters. The van der Waals surface area contributed by atoms with Crippen LogP contribution < -0.4 is 5.73 Å². The Labute approximate surface area is 78.7 Å². The van der Waals surface area contributed by atoms with Crippen molar-refractivity contribution in [3.63, 3.8) is 0 Å². The fourth-order valence-electron chi connectivity index (χ4n) is 1.16. The van der Waals surface area contributed by atoms with Crippen LogP contribution >= 0.6 is 22.6 Å². The van der Waals surface area contributed by atoms with Crippen molar-refractivity contribution in [2.45, 2.75) is 6.54 Å². The van der Waals surface area contributed by atoms with Gasteiger partial charge in [-0.05, 0) is 40.3 Å². The number of nitrogens with zero attached hydrogens (tertiary/aromatic N) is 1. The SMILES string of the molecule is Nc1ccc2c(c1)C(I)=NC2. The lowest BCUT2D eigenvalue weighted by Crippen LogP contribution is -1.91. The highest BCUT2D eigenvalue weighted by Crippen LogP contribution is 2.23. The van der Waals surface area contributed by atoms with Crippen LogP contribution in [0, 0.1) is 0 Å². The molecule has 0 aliphatic carbocycles. The number of hydrogen-bond donors (Lipinski definition) is 1. The second-order valence-corrected chi connectivity index (χ2v) is 3.55. The van der Waals surface area contributed by atoms with Crippen LogP contribution in [-0.2, 0) is 6.54 Å². The molecule has 2 rings (SSSR count). The summed E-state index contributed by atoms with van der Waals surface area (Å²) < 4.78 is 1.07. The first-order valence-electron chi connectivity index (χ1n) is 3.36. The van der Waals surface area contributed by atoms with E-state index in [4.69, 9.17) is 5.73 Å². The molecule has 0 bridgehead atoms. The topological polar surface area (TPSA) is 38.4 Å². The maximum Gasteiger partial charge on any atom is 0.103 e. The van der Waals surface area contributed by atoms with Gasteiger partial charge in [-0.3, -0.25) is 4.99 Å². The molecule has 2 N–H and O–H groups in total. The standard InChI is InChI=1S/C8H7IN2/c9-8-7-3-6(10)2-1-5(7)4-11-8/h1-3H,4,10H2. The maximum absolute atomic E-state index is 5.63. The smallest absolute Gasteiger partial charge is 0.103 e. The minimum Gasteiger partial charge on any atom is -0.399 e. The second kappa shape index (κ2) is 2.48. The number of halogens is 1. The molecule has 0 spiro atoms. The van der Waals surface area contributed by atoms with E-state index in [-0.39, 0.29) is 0 Å². The van der Waals surface area contributed by atoms with E-state index in [1.54, 1.807) is 0 Å². The molecule has 1 aromatic rings. The normalized spacial score (nSPS) is 14.5. The third-order valence-corrected chi connectivity index (χ3v) is 2.67. The van der Waals surface area contributed by atoms with E-state index in [9.17, 15) is 0 Å². The van der Waals surface area contributed by atoms with Crippen molar-refractivity contribution in [3.8, 4) is 0 Å². The summed E-state index contributed by atoms with van der Waals surface area (Å²) in [5, 5.41) is 0. The first-order valence-corrected chi connectivity index (χ1v) is 4.44. The van der Waals surface area contributed by atoms with Gasteiger partial charge in [0.2, 0.25) is 0 Å². The van der Waals surface area contributed by atoms with E-state index in [2.05, 4.69) is 27.6 Å². The maximum atomic E-state index is 5.63. The van der Waals surface area contributed by atoms with Gasteiger partial charge in [0.1, 0.15) is 3.72 Å². The largest absolute Gasteiger partial charge is 0.399 e. The molecule has 1 aliphatic rings. The fraction of sp³-hybridized carbons (Fsp3) is 0.125. The van der Waals surface area contributed by atoms with E-state index in [1.807, 2.05) is 18.2 Å². The molecule has 0 radical (unpaired) electrons. The van der Waals surface area contributed by atoms with Crippen molar-refractivity contribution in [2.75, 3.05) is 5.73 Å². The minimum absolute atomic E-state index is 0.813. The van der Waals surface area contributed by atoms with Crippen LogP contribution in [0.25, 0.3) is 0 Å². The van der Waals surface area contributed by atoms with E-state index in [0.29, 0.717) is 0 Å². The lowest BCUT2D eigenvalue weighted by atomic mass is 10.1. The van der Waals surface area contributed by atoms with Gasteiger partial charge < -0.3 is 5.73 Å². The number of nitrogens with two attached hydrogens (primary N) is 1. The highest BCUT2D eigenvalue weighted by atomic mass is 127. The fourth-order valence-corrected chi connectivity index (χ4v) is 1.84. The summed E-state index contributed by atoms with van der Waals surface area (Å²) in [6.07, 6.45) is 0. The average molecular weight is 258 g/mol. The quantitative estimate of drug-likeness (QED) is 0.560. The summed E-state index contributed by atoms with van der Waals surface area (Å²) in [6.45, 7) is 0.813. The number of anilines is 1. The van der Waals surface area contributed by atoms with E-state index >= 15 is 0 Å². The van der Waals surface area contributed by atoms with Crippen LogP contribution in [0.3, 0.4) is 0 Å². The van der Waals surface area contributed by atoms with Crippen LogP contribution in [0.2, 0.25) is 0 Å². The van der Waals surface area contributed by atoms with Gasteiger partial charge in [0, 0.05) is 11.3 Å². The summed E-state index contributed by atoms with van der Waals surface area (Å²) in [5.41, 5.74) is 8.93. The van der Waals surface area contributed by atoms with Crippen LogP contribution in [0.1, 0.15) is 11.1 Å². The molecular weight excluding hydrogens is 251 g/mol. The number of benzene rings is 1. The van der Waals surface area contributed by atoms with Crippen molar-refractivity contribution in [1.29, 1.82) is 0 Å². The van der Waals surface area contributed by atoms with E-state index < -0.39 is 0 Å². The predicted molar refractivity (Wildman–Crippen MR) is 55.1 cm³/mol. The van der Waals surface area contributed by atoms with Crippen molar-refractivity contribution in [1.82, 2.24) is 0 Å². The van der Waals surface area contributed by atoms with Gasteiger partial charge in [0.25, 0.3) is 0 Å². The van der Waals surface area contributed by atoms with Crippen molar-refractivity contribution in [2.24, 2.45) is 4.99 Å². The van der Waals surface area contributed by atoms with Crippen LogP contribution in [-0.4, -0.2) is 3.72 Å². The molecule has 0 unspecified atom stereocenters. The van der Waals surface area contributed by atoms with Crippen molar-refractivity contribution in [3.05, 3.63) is 29.3 Å². The molecule has 0 amide bonds. The number of aliphatic imine (C=N–C) groups is 1. The molecule has 1 aromatic carbocycles. The molecule has 1 aliphatic heterocycles. The van der Waals surface area contributed by atoms with Gasteiger partial charge in [-0.1, -0.05) is 6.07 Å². The molecule has 1 heterocycles. The second-order valence-electron chi connectivity index (χ2n) is 2.52. The lowest BCUT2D eigenvalue weighted by molar-refractivity contribution is 1.11. The Morgan fingerprint density at radius 1 is 1.45 bits per heavy atom. The Kier molecular flexibility index (Phi) is 1.60. The summed E-state index contributed by atoms with van der Waals surface area (Å²) >= 11 is 2.23. The monoisotopic (exact) mass is 258 g/mol. The number of rotatable bonds is 0. The van der Waals surface area contributed by atoms with Crippen molar-refractivity contribution < 1.29 is 0 Å². The van der Waals surface area contributed by atoms with Crippen LogP contribution in [0.5, 0.6) is 0 Å². The number of hydrogen-bond acceptors (Lipinski definition) is 2. The van der Waals surface area contributed by atoms with Crippen molar-refractivity contribution >= 4 is 32.0 Å². The molecule has 0 saturated carbocycles. The predicted octanol–water partition coefficient (Wildman–Crippen LogP) is 1.96. The third-order valence-electron chi connectivity index (χ3n) is 1.74. The molecule has 0 saturated heterocycles. The molecule has 2 nitrogen and oxygen atoms in total. The Hall–Kier alpha value is -0.580. The summed E-state index contributed by atoms with van der Waals surface area (Å²) in [5.74, 6) is 0. The van der Waals surface area contributed by atoms with Gasteiger partial charge in [-0.2, -0.15) is 0 Å². The van der Waals surface area contributed by atoms with Gasteiger partial charge in [-0.25, -0.2) is 0 Å². The van der Waals surface area contributed by atoms with Gasteiger partial charge in [0.15, 0.2) is 0 Å². The molecule has 11 heavy (non-hydrogen) atoms. The Morgan fingerprint density at radius 3 is 3.09 bits per heavy atom. The number of fused-ring (bicyclic) bond motifs is 1. The van der Waals surface area contributed by atoms with Gasteiger partial charge in [0.05, 0.1) is 6.54 Å². The van der Waals surface area contributed by atoms with Gasteiger partial charge >= 0.3 is 0 Å². The molecular formula is C8H7IN2. The highest BCUT2D eigenvalue weighted by Gasteiger charge is 2.12. The third kappa shape index (κ3) is 1.13. The summed E-state index contributed by atoms with van der Waals surface area (Å²) in [7, 11) is 0. The Morgan fingerprint density at radius 2 is 2.27 bits per heavy atom. The molecule has 0 aromatic heterocycles. The van der Waals surface area contributed by atoms with E-state index in [1.165, 1.54) is 11.1 Å². The highest BCUT2D eigenvalue weighted by molar-refractivity contribution is 14.1. The van der Waals surface area contributed by atoms with Gasteiger partial charge in [-0.15, -0.1) is 0 Å². The lowest BCUT2D eigenvalue weighted by Gasteiger charge is -1.98. The zero-order valence-electron chi connectivity index (χ0n) is 5.84. The first-order chi connectivity index (χ1) is 5.27. The minimum atomic E-state index is 0.813. The summed E-state index contributed by atoms with van der Waals surface area (Å²) in [4.78, 5) is 4.29. The zero-order valence-corrected chi connectivity index (χ0v) is 8.00. The average Bonchev–Trinajstić information content (AvgIpc) is 2.33. The van der Waals surface area contributed by atoms with Crippen LogP contribution in [0.15, 0.2) is 23.2 Å². The van der Waals surface area contributed by atoms with E-state index in [0.717, 1.165) is 16.0 Å². The Balaban J connectivity index is 2.60. The van der Waals surface area contributed by atoms with Crippen LogP contribution in [0.4, 0.5) is 5.69 Å².